The normalized spacial score (nSPS) is 10.9. The Kier molecular flexibility index (Phi) is 3.39. The summed E-state index contributed by atoms with van der Waals surface area (Å²) in [5, 5.41) is 11.6. The maximum absolute atomic E-state index is 10.3. The van der Waals surface area contributed by atoms with Gasteiger partial charge in [-0.3, -0.25) is 4.79 Å². The van der Waals surface area contributed by atoms with E-state index in [-0.39, 0.29) is 6.42 Å². The first-order valence-electron chi connectivity index (χ1n) is 5.49. The number of hydrogen-bond acceptors (Lipinski definition) is 3. The summed E-state index contributed by atoms with van der Waals surface area (Å²) in [7, 11) is 1.96. The molecule has 0 saturated heterocycles. The lowest BCUT2D eigenvalue weighted by Gasteiger charge is -2.03. The van der Waals surface area contributed by atoms with Crippen molar-refractivity contribution in [3.8, 4) is 0 Å². The number of nitrogens with zero attached hydrogens (tertiary/aromatic N) is 2. The van der Waals surface area contributed by atoms with Crippen molar-refractivity contribution in [1.29, 1.82) is 0 Å². The van der Waals surface area contributed by atoms with Gasteiger partial charge in [0.05, 0.1) is 23.8 Å². The van der Waals surface area contributed by atoms with Gasteiger partial charge in [-0.1, -0.05) is 6.07 Å². The Hall–Kier alpha value is -1.88. The van der Waals surface area contributed by atoms with Gasteiger partial charge < -0.3 is 15.0 Å². The molecule has 0 radical (unpaired) electrons. The van der Waals surface area contributed by atoms with Crippen LogP contribution in [0.5, 0.6) is 0 Å². The summed E-state index contributed by atoms with van der Waals surface area (Å²) < 4.78 is 1.97. The van der Waals surface area contributed by atoms with Crippen LogP contribution in [0.15, 0.2) is 24.5 Å². The predicted molar refractivity (Wildman–Crippen MR) is 64.7 cm³/mol. The number of rotatable bonds is 5. The van der Waals surface area contributed by atoms with Crippen molar-refractivity contribution >= 4 is 17.0 Å². The molecular weight excluding hydrogens is 218 g/mol. The van der Waals surface area contributed by atoms with E-state index < -0.39 is 5.97 Å². The lowest BCUT2D eigenvalue weighted by atomic mass is 10.2. The minimum atomic E-state index is -0.780. The smallest absolute Gasteiger partial charge is 0.304 e. The standard InChI is InChI=1S/C12H15N3O2/c1-15-8-14-10-6-9(2-3-11(10)15)7-13-5-4-12(16)17/h2-3,6,8,13H,4-5,7H2,1H3,(H,16,17). The Bertz CT molecular complexity index is 534. The molecule has 0 amide bonds. The summed E-state index contributed by atoms with van der Waals surface area (Å²) in [4.78, 5) is 14.6. The zero-order chi connectivity index (χ0) is 12.3. The molecule has 1 aromatic heterocycles. The fourth-order valence-corrected chi connectivity index (χ4v) is 1.72. The van der Waals surface area contributed by atoms with Gasteiger partial charge >= 0.3 is 5.97 Å². The Balaban J connectivity index is 1.97. The van der Waals surface area contributed by atoms with Gasteiger partial charge in [0.2, 0.25) is 0 Å². The van der Waals surface area contributed by atoms with Crippen LogP contribution in [-0.4, -0.2) is 27.2 Å². The Labute approximate surface area is 99.1 Å². The van der Waals surface area contributed by atoms with Crippen molar-refractivity contribution in [1.82, 2.24) is 14.9 Å². The number of hydrogen-bond donors (Lipinski definition) is 2. The van der Waals surface area contributed by atoms with Crippen LogP contribution in [-0.2, 0) is 18.4 Å². The molecule has 0 saturated carbocycles. The molecule has 90 valence electrons. The van der Waals surface area contributed by atoms with Crippen molar-refractivity contribution in [3.63, 3.8) is 0 Å². The van der Waals surface area contributed by atoms with Crippen molar-refractivity contribution in [2.45, 2.75) is 13.0 Å². The lowest BCUT2D eigenvalue weighted by molar-refractivity contribution is -0.136. The van der Waals surface area contributed by atoms with E-state index in [1.165, 1.54) is 0 Å². The maximum Gasteiger partial charge on any atom is 0.304 e. The molecule has 0 bridgehead atoms. The summed E-state index contributed by atoms with van der Waals surface area (Å²) in [5.41, 5.74) is 3.17. The summed E-state index contributed by atoms with van der Waals surface area (Å²) in [6, 6.07) is 6.07. The first-order chi connectivity index (χ1) is 8.16. The number of aryl methyl sites for hydroxylation is 1. The van der Waals surface area contributed by atoms with E-state index in [0.717, 1.165) is 16.6 Å². The molecule has 0 atom stereocenters. The quantitative estimate of drug-likeness (QED) is 0.760. The van der Waals surface area contributed by atoms with Crippen molar-refractivity contribution in [2.24, 2.45) is 7.05 Å². The molecule has 1 aromatic carbocycles. The fourth-order valence-electron chi connectivity index (χ4n) is 1.72. The van der Waals surface area contributed by atoms with Crippen LogP contribution >= 0.6 is 0 Å². The zero-order valence-electron chi connectivity index (χ0n) is 9.68. The number of aromatic nitrogens is 2. The SMILES string of the molecule is Cn1cnc2cc(CNCCC(=O)O)ccc21. The molecule has 0 fully saturated rings. The summed E-state index contributed by atoms with van der Waals surface area (Å²) in [5.74, 6) is -0.780. The highest BCUT2D eigenvalue weighted by Gasteiger charge is 2.01. The van der Waals surface area contributed by atoms with Crippen LogP contribution in [0.4, 0.5) is 0 Å². The van der Waals surface area contributed by atoms with E-state index in [4.69, 9.17) is 5.11 Å². The molecule has 0 aliphatic heterocycles. The number of imidazole rings is 1. The Morgan fingerprint density at radius 3 is 3.12 bits per heavy atom. The van der Waals surface area contributed by atoms with Crippen LogP contribution in [0.3, 0.4) is 0 Å². The number of carbonyl (C=O) groups is 1. The molecule has 0 aliphatic rings. The van der Waals surface area contributed by atoms with Crippen LogP contribution in [0.1, 0.15) is 12.0 Å². The van der Waals surface area contributed by atoms with Gasteiger partial charge in [0.15, 0.2) is 0 Å². The molecule has 0 spiro atoms. The molecule has 0 unspecified atom stereocenters. The number of nitrogens with one attached hydrogen (secondary N) is 1. The average molecular weight is 233 g/mol. The number of benzene rings is 1. The van der Waals surface area contributed by atoms with Gasteiger partial charge in [-0.25, -0.2) is 4.98 Å². The van der Waals surface area contributed by atoms with Crippen LogP contribution in [0.25, 0.3) is 11.0 Å². The summed E-state index contributed by atoms with van der Waals surface area (Å²) >= 11 is 0. The first-order valence-corrected chi connectivity index (χ1v) is 5.49. The first kappa shape index (κ1) is 11.6. The Morgan fingerprint density at radius 1 is 1.53 bits per heavy atom. The number of carboxylic acid groups (broad SMARTS) is 1. The number of fused-ring (bicyclic) bond motifs is 1. The molecule has 17 heavy (non-hydrogen) atoms. The maximum atomic E-state index is 10.3. The molecule has 5 heteroatoms. The minimum Gasteiger partial charge on any atom is -0.481 e. The van der Waals surface area contributed by atoms with Crippen LogP contribution in [0, 0.1) is 0 Å². The molecule has 1 heterocycles. The third kappa shape index (κ3) is 2.82. The number of carboxylic acids is 1. The van der Waals surface area contributed by atoms with E-state index in [1.54, 1.807) is 6.33 Å². The molecular formula is C12H15N3O2. The van der Waals surface area contributed by atoms with Gasteiger partial charge in [-0.2, -0.15) is 0 Å². The predicted octanol–water partition coefficient (Wildman–Crippen LogP) is 1.14. The summed E-state index contributed by atoms with van der Waals surface area (Å²) in [6.45, 7) is 1.15. The molecule has 5 nitrogen and oxygen atoms in total. The third-order valence-corrected chi connectivity index (χ3v) is 2.63. The minimum absolute atomic E-state index is 0.145. The lowest BCUT2D eigenvalue weighted by Crippen LogP contribution is -2.17. The van der Waals surface area contributed by atoms with Gasteiger partial charge in [0.1, 0.15) is 0 Å². The second-order valence-electron chi connectivity index (χ2n) is 4.00. The third-order valence-electron chi connectivity index (χ3n) is 2.63. The topological polar surface area (TPSA) is 67.2 Å². The molecule has 2 rings (SSSR count). The fraction of sp³-hybridized carbons (Fsp3) is 0.333. The van der Waals surface area contributed by atoms with Crippen molar-refractivity contribution in [2.75, 3.05) is 6.54 Å². The van der Waals surface area contributed by atoms with Gasteiger partial charge in [-0.05, 0) is 17.7 Å². The second kappa shape index (κ2) is 4.97. The van der Waals surface area contributed by atoms with E-state index in [9.17, 15) is 4.79 Å². The second-order valence-corrected chi connectivity index (χ2v) is 4.00. The average Bonchev–Trinajstić information content (AvgIpc) is 2.66. The zero-order valence-corrected chi connectivity index (χ0v) is 9.68. The largest absolute Gasteiger partial charge is 0.481 e. The highest BCUT2D eigenvalue weighted by Crippen LogP contribution is 2.13. The van der Waals surface area contributed by atoms with E-state index in [2.05, 4.69) is 10.3 Å². The Morgan fingerprint density at radius 2 is 2.35 bits per heavy atom. The van der Waals surface area contributed by atoms with E-state index in [1.807, 2.05) is 29.8 Å². The molecule has 2 N–H and O–H groups in total. The molecule has 0 aliphatic carbocycles. The van der Waals surface area contributed by atoms with Gasteiger partial charge in [-0.15, -0.1) is 0 Å². The van der Waals surface area contributed by atoms with E-state index >= 15 is 0 Å². The highest BCUT2D eigenvalue weighted by atomic mass is 16.4. The number of aliphatic carboxylic acids is 1. The van der Waals surface area contributed by atoms with Gasteiger partial charge in [0.25, 0.3) is 0 Å². The van der Waals surface area contributed by atoms with Crippen LogP contribution < -0.4 is 5.32 Å². The van der Waals surface area contributed by atoms with Crippen molar-refractivity contribution in [3.05, 3.63) is 30.1 Å². The van der Waals surface area contributed by atoms with Gasteiger partial charge in [0, 0.05) is 20.1 Å². The monoisotopic (exact) mass is 233 g/mol. The summed E-state index contributed by atoms with van der Waals surface area (Å²) in [6.07, 6.45) is 1.93. The highest BCUT2D eigenvalue weighted by molar-refractivity contribution is 5.75. The van der Waals surface area contributed by atoms with Crippen molar-refractivity contribution < 1.29 is 9.90 Å². The van der Waals surface area contributed by atoms with E-state index in [0.29, 0.717) is 13.1 Å². The molecule has 2 aromatic rings. The van der Waals surface area contributed by atoms with Crippen LogP contribution in [0.2, 0.25) is 0 Å².